The van der Waals surface area contributed by atoms with Crippen LogP contribution in [0, 0.1) is 20.2 Å². The Bertz CT molecular complexity index is 1170. The molecular formula is C18H13Cl2N7O5. The number of nitrogens with one attached hydrogen (secondary N) is 3. The van der Waals surface area contributed by atoms with E-state index in [2.05, 4.69) is 26.1 Å². The fourth-order valence-electron chi connectivity index (χ4n) is 2.59. The zero-order valence-electron chi connectivity index (χ0n) is 15.9. The van der Waals surface area contributed by atoms with Crippen LogP contribution in [0.1, 0.15) is 5.56 Å². The third kappa shape index (κ3) is 5.77. The molecule has 0 aliphatic heterocycles. The van der Waals surface area contributed by atoms with Crippen molar-refractivity contribution in [2.24, 2.45) is 0 Å². The van der Waals surface area contributed by atoms with Gasteiger partial charge in [-0.05, 0) is 23.8 Å². The van der Waals surface area contributed by atoms with Crippen LogP contribution in [0.15, 0.2) is 48.8 Å². The average molecular weight is 478 g/mol. The standard InChI is InChI=1S/C18H13Cl2N7O5/c19-11-6-12(20)8-13(7-11)23-17-16(27(31)32)18(22-9-21-17)25-24-15(28)5-10-1-3-14(4-2-10)26(29)30/h1-4,6-9H,5H2,(H,24,28)(H2,21,22,23,25). The molecule has 3 N–H and O–H groups in total. The van der Waals surface area contributed by atoms with Crippen LogP contribution in [0.4, 0.5) is 28.7 Å². The summed E-state index contributed by atoms with van der Waals surface area (Å²) in [6.07, 6.45) is 0.933. The SMILES string of the molecule is O=C(Cc1ccc([N+](=O)[O-])cc1)NNc1ncnc(Nc2cc(Cl)cc(Cl)c2)c1[N+](=O)[O-]. The minimum Gasteiger partial charge on any atom is -0.334 e. The Labute approximate surface area is 189 Å². The topological polar surface area (TPSA) is 165 Å². The molecule has 0 aliphatic carbocycles. The van der Waals surface area contributed by atoms with E-state index >= 15 is 0 Å². The fourth-order valence-corrected chi connectivity index (χ4v) is 3.12. The molecule has 0 saturated heterocycles. The lowest BCUT2D eigenvalue weighted by molar-refractivity contribution is -0.384. The predicted octanol–water partition coefficient (Wildman–Crippen LogP) is 4.03. The molecule has 2 aromatic carbocycles. The summed E-state index contributed by atoms with van der Waals surface area (Å²) in [7, 11) is 0. The van der Waals surface area contributed by atoms with E-state index in [1.807, 2.05) is 0 Å². The van der Waals surface area contributed by atoms with Gasteiger partial charge in [0.2, 0.25) is 17.5 Å². The summed E-state index contributed by atoms with van der Waals surface area (Å²) in [5, 5.41) is 25.7. The Morgan fingerprint density at radius 1 is 0.938 bits per heavy atom. The van der Waals surface area contributed by atoms with Crippen molar-refractivity contribution < 1.29 is 14.6 Å². The molecule has 12 nitrogen and oxygen atoms in total. The summed E-state index contributed by atoms with van der Waals surface area (Å²) >= 11 is 11.9. The second kappa shape index (κ2) is 9.85. The highest BCUT2D eigenvalue weighted by Gasteiger charge is 2.24. The number of hydrazine groups is 1. The Balaban J connectivity index is 1.73. The van der Waals surface area contributed by atoms with Crippen molar-refractivity contribution >= 4 is 57.8 Å². The summed E-state index contributed by atoms with van der Waals surface area (Å²) < 4.78 is 0. The fraction of sp³-hybridized carbons (Fsp3) is 0.0556. The van der Waals surface area contributed by atoms with Crippen LogP contribution >= 0.6 is 23.2 Å². The van der Waals surface area contributed by atoms with E-state index in [4.69, 9.17) is 23.2 Å². The Morgan fingerprint density at radius 3 is 2.16 bits per heavy atom. The van der Waals surface area contributed by atoms with E-state index in [9.17, 15) is 25.0 Å². The molecule has 0 unspecified atom stereocenters. The Hall–Kier alpha value is -4.03. The van der Waals surface area contributed by atoms with Gasteiger partial charge in [0.15, 0.2) is 0 Å². The minimum absolute atomic E-state index is 0.107. The first-order valence-electron chi connectivity index (χ1n) is 8.73. The molecule has 3 rings (SSSR count). The van der Waals surface area contributed by atoms with Gasteiger partial charge >= 0.3 is 5.69 Å². The van der Waals surface area contributed by atoms with Gasteiger partial charge in [0.05, 0.1) is 16.3 Å². The van der Waals surface area contributed by atoms with Gasteiger partial charge in [-0.25, -0.2) is 9.97 Å². The number of nitro groups is 2. The van der Waals surface area contributed by atoms with Crippen LogP contribution in [0.25, 0.3) is 0 Å². The first-order chi connectivity index (χ1) is 15.2. The maximum atomic E-state index is 12.2. The number of halogens is 2. The van der Waals surface area contributed by atoms with Crippen molar-refractivity contribution in [2.75, 3.05) is 10.7 Å². The van der Waals surface area contributed by atoms with E-state index in [0.717, 1.165) is 6.33 Å². The third-order valence-corrected chi connectivity index (χ3v) is 4.40. The van der Waals surface area contributed by atoms with Crippen molar-refractivity contribution in [1.82, 2.24) is 15.4 Å². The first-order valence-corrected chi connectivity index (χ1v) is 9.49. The smallest absolute Gasteiger partial charge is 0.334 e. The van der Waals surface area contributed by atoms with Crippen LogP contribution in [0.5, 0.6) is 0 Å². The van der Waals surface area contributed by atoms with E-state index in [1.165, 1.54) is 42.5 Å². The summed E-state index contributed by atoms with van der Waals surface area (Å²) in [5.41, 5.74) is 4.93. The molecule has 32 heavy (non-hydrogen) atoms. The predicted molar refractivity (Wildman–Crippen MR) is 117 cm³/mol. The van der Waals surface area contributed by atoms with Gasteiger partial charge in [0.25, 0.3) is 5.69 Å². The number of aromatic nitrogens is 2. The Kier molecular flexibility index (Phi) is 6.97. The zero-order chi connectivity index (χ0) is 23.3. The number of nitro benzene ring substituents is 1. The second-order valence-corrected chi connectivity index (χ2v) is 7.11. The van der Waals surface area contributed by atoms with E-state index in [0.29, 0.717) is 21.3 Å². The molecule has 0 bridgehead atoms. The highest BCUT2D eigenvalue weighted by Crippen LogP contribution is 2.32. The molecule has 0 saturated carbocycles. The molecule has 1 amide bonds. The largest absolute Gasteiger partial charge is 0.355 e. The normalized spacial score (nSPS) is 10.3. The Morgan fingerprint density at radius 2 is 1.56 bits per heavy atom. The summed E-state index contributed by atoms with van der Waals surface area (Å²) in [4.78, 5) is 40.9. The lowest BCUT2D eigenvalue weighted by atomic mass is 10.1. The van der Waals surface area contributed by atoms with Crippen LogP contribution < -0.4 is 16.2 Å². The quantitative estimate of drug-likeness (QED) is 0.320. The maximum Gasteiger partial charge on any atom is 0.355 e. The molecule has 0 fully saturated rings. The first kappa shape index (κ1) is 22.7. The number of anilines is 3. The van der Waals surface area contributed by atoms with E-state index in [-0.39, 0.29) is 23.7 Å². The summed E-state index contributed by atoms with van der Waals surface area (Å²) in [6, 6.07) is 9.90. The number of carbonyl (C=O) groups excluding carboxylic acids is 1. The van der Waals surface area contributed by atoms with E-state index < -0.39 is 21.4 Å². The number of benzene rings is 2. The van der Waals surface area contributed by atoms with Crippen LogP contribution in [-0.4, -0.2) is 25.7 Å². The molecule has 14 heteroatoms. The van der Waals surface area contributed by atoms with Crippen molar-refractivity contribution in [3.63, 3.8) is 0 Å². The molecule has 3 aromatic rings. The van der Waals surface area contributed by atoms with Crippen molar-refractivity contribution in [1.29, 1.82) is 0 Å². The number of non-ortho nitro benzene ring substituents is 1. The molecule has 0 aliphatic rings. The van der Waals surface area contributed by atoms with Crippen molar-refractivity contribution in [3.8, 4) is 0 Å². The number of hydrogen-bond donors (Lipinski definition) is 3. The molecule has 0 radical (unpaired) electrons. The minimum atomic E-state index is -0.723. The second-order valence-electron chi connectivity index (χ2n) is 6.23. The number of rotatable bonds is 8. The number of carbonyl (C=O) groups is 1. The maximum absolute atomic E-state index is 12.2. The summed E-state index contributed by atoms with van der Waals surface area (Å²) in [5.74, 6) is -0.976. The monoisotopic (exact) mass is 477 g/mol. The summed E-state index contributed by atoms with van der Waals surface area (Å²) in [6.45, 7) is 0. The average Bonchev–Trinajstić information content (AvgIpc) is 2.71. The molecule has 1 heterocycles. The molecule has 0 atom stereocenters. The molecule has 0 spiro atoms. The van der Waals surface area contributed by atoms with Crippen LogP contribution in [0.3, 0.4) is 0 Å². The number of amides is 1. The van der Waals surface area contributed by atoms with Gasteiger partial charge in [-0.3, -0.25) is 35.9 Å². The molecular weight excluding hydrogens is 465 g/mol. The van der Waals surface area contributed by atoms with Crippen molar-refractivity contribution in [3.05, 3.63) is 84.6 Å². The highest BCUT2D eigenvalue weighted by atomic mass is 35.5. The van der Waals surface area contributed by atoms with Gasteiger partial charge in [0, 0.05) is 27.9 Å². The number of hydrogen-bond acceptors (Lipinski definition) is 9. The van der Waals surface area contributed by atoms with Crippen LogP contribution in [-0.2, 0) is 11.2 Å². The van der Waals surface area contributed by atoms with E-state index in [1.54, 1.807) is 0 Å². The van der Waals surface area contributed by atoms with Gasteiger partial charge in [-0.2, -0.15) is 0 Å². The lowest BCUT2D eigenvalue weighted by Gasteiger charge is -2.11. The third-order valence-electron chi connectivity index (χ3n) is 3.96. The molecule has 164 valence electrons. The van der Waals surface area contributed by atoms with Gasteiger partial charge in [0.1, 0.15) is 6.33 Å². The van der Waals surface area contributed by atoms with Crippen molar-refractivity contribution in [2.45, 2.75) is 6.42 Å². The number of nitrogens with zero attached hydrogens (tertiary/aromatic N) is 4. The van der Waals surface area contributed by atoms with Gasteiger partial charge in [-0.1, -0.05) is 35.3 Å². The highest BCUT2D eigenvalue weighted by molar-refractivity contribution is 6.35. The van der Waals surface area contributed by atoms with Crippen LogP contribution in [0.2, 0.25) is 10.0 Å². The zero-order valence-corrected chi connectivity index (χ0v) is 17.4. The van der Waals surface area contributed by atoms with Gasteiger partial charge < -0.3 is 5.32 Å². The van der Waals surface area contributed by atoms with Gasteiger partial charge in [-0.15, -0.1) is 0 Å². The molecule has 1 aromatic heterocycles. The lowest BCUT2D eigenvalue weighted by Crippen LogP contribution is -2.31.